The van der Waals surface area contributed by atoms with E-state index in [0.717, 1.165) is 32.4 Å². The molecule has 1 saturated heterocycles. The van der Waals surface area contributed by atoms with Gasteiger partial charge < -0.3 is 15.0 Å². The lowest BCUT2D eigenvalue weighted by molar-refractivity contribution is -0.0499. The van der Waals surface area contributed by atoms with Gasteiger partial charge in [0, 0.05) is 18.7 Å². The number of halogens is 2. The average molecular weight is 298 g/mol. The van der Waals surface area contributed by atoms with Crippen molar-refractivity contribution in [2.45, 2.75) is 31.9 Å². The molecule has 1 amide bonds. The van der Waals surface area contributed by atoms with E-state index in [4.69, 9.17) is 0 Å². The lowest BCUT2D eigenvalue weighted by Crippen LogP contribution is -2.37. The Hall–Kier alpha value is -1.69. The van der Waals surface area contributed by atoms with Crippen molar-refractivity contribution in [1.29, 1.82) is 0 Å². The molecule has 2 rings (SSSR count). The predicted molar refractivity (Wildman–Crippen MR) is 75.7 cm³/mol. The van der Waals surface area contributed by atoms with Gasteiger partial charge in [-0.25, -0.2) is 0 Å². The van der Waals surface area contributed by atoms with Crippen LogP contribution in [0.3, 0.4) is 0 Å². The first-order chi connectivity index (χ1) is 10.1. The Labute approximate surface area is 123 Å². The zero-order valence-corrected chi connectivity index (χ0v) is 12.0. The number of nitrogens with zero attached hydrogens (tertiary/aromatic N) is 1. The highest BCUT2D eigenvalue weighted by Crippen LogP contribution is 2.19. The van der Waals surface area contributed by atoms with Crippen molar-refractivity contribution in [2.24, 2.45) is 0 Å². The van der Waals surface area contributed by atoms with Crippen LogP contribution in [0.15, 0.2) is 24.3 Å². The molecule has 6 heteroatoms. The number of benzene rings is 1. The van der Waals surface area contributed by atoms with Gasteiger partial charge >= 0.3 is 6.61 Å². The quantitative estimate of drug-likeness (QED) is 0.928. The third kappa shape index (κ3) is 4.39. The second kappa shape index (κ2) is 7.36. The Morgan fingerprint density at radius 1 is 1.38 bits per heavy atom. The van der Waals surface area contributed by atoms with Crippen LogP contribution in [0.4, 0.5) is 8.78 Å². The molecule has 0 aliphatic carbocycles. The van der Waals surface area contributed by atoms with Crippen LogP contribution in [0.2, 0.25) is 0 Å². The van der Waals surface area contributed by atoms with Crippen molar-refractivity contribution in [1.82, 2.24) is 10.2 Å². The molecule has 1 aliphatic heterocycles. The van der Waals surface area contributed by atoms with Crippen molar-refractivity contribution < 1.29 is 18.3 Å². The van der Waals surface area contributed by atoms with Crippen molar-refractivity contribution in [3.8, 4) is 5.75 Å². The number of hydrogen-bond acceptors (Lipinski definition) is 3. The molecular weight excluding hydrogens is 278 g/mol. The molecule has 1 aromatic carbocycles. The number of ether oxygens (including phenoxy) is 1. The van der Waals surface area contributed by atoms with Gasteiger partial charge in [0.25, 0.3) is 5.91 Å². The summed E-state index contributed by atoms with van der Waals surface area (Å²) in [5, 5.41) is 3.30. The van der Waals surface area contributed by atoms with Crippen LogP contribution < -0.4 is 10.1 Å². The maximum Gasteiger partial charge on any atom is 0.387 e. The van der Waals surface area contributed by atoms with Gasteiger partial charge in [-0.05, 0) is 50.6 Å². The van der Waals surface area contributed by atoms with Crippen molar-refractivity contribution in [2.75, 3.05) is 20.1 Å². The van der Waals surface area contributed by atoms with Crippen LogP contribution >= 0.6 is 0 Å². The Kier molecular flexibility index (Phi) is 5.50. The number of rotatable bonds is 4. The van der Waals surface area contributed by atoms with E-state index in [9.17, 15) is 13.6 Å². The number of carbonyl (C=O) groups excluding carboxylic acids is 1. The lowest BCUT2D eigenvalue weighted by atomic mass is 10.1. The summed E-state index contributed by atoms with van der Waals surface area (Å²) in [4.78, 5) is 14.2. The first kappa shape index (κ1) is 15.7. The summed E-state index contributed by atoms with van der Waals surface area (Å²) in [5.74, 6) is -0.159. The zero-order chi connectivity index (χ0) is 15.2. The summed E-state index contributed by atoms with van der Waals surface area (Å²) in [7, 11) is 1.76. The number of alkyl halides is 2. The first-order valence-corrected chi connectivity index (χ1v) is 7.10. The second-order valence-electron chi connectivity index (χ2n) is 5.16. The Morgan fingerprint density at radius 3 is 2.95 bits per heavy atom. The molecule has 116 valence electrons. The normalized spacial score (nSPS) is 19.1. The molecule has 0 aromatic heterocycles. The molecular formula is C15H20F2N2O2. The summed E-state index contributed by atoms with van der Waals surface area (Å²) in [5.41, 5.74) is 0.368. The van der Waals surface area contributed by atoms with Gasteiger partial charge in [-0.1, -0.05) is 6.07 Å². The van der Waals surface area contributed by atoms with E-state index in [1.54, 1.807) is 24.1 Å². The van der Waals surface area contributed by atoms with Gasteiger partial charge in [-0.3, -0.25) is 4.79 Å². The zero-order valence-electron chi connectivity index (χ0n) is 12.0. The standard InChI is InChI=1S/C15H20F2N2O2/c1-19(12-5-3-8-18-9-7-12)14(20)11-4-2-6-13(10-11)21-15(16)17/h2,4,6,10,12,15,18H,3,5,7-9H2,1H3. The van der Waals surface area contributed by atoms with E-state index in [-0.39, 0.29) is 17.7 Å². The molecule has 4 nitrogen and oxygen atoms in total. The topological polar surface area (TPSA) is 41.6 Å². The fourth-order valence-electron chi connectivity index (χ4n) is 2.56. The van der Waals surface area contributed by atoms with Gasteiger partial charge in [0.1, 0.15) is 5.75 Å². The van der Waals surface area contributed by atoms with Gasteiger partial charge in [-0.2, -0.15) is 8.78 Å². The predicted octanol–water partition coefficient (Wildman–Crippen LogP) is 2.50. The Balaban J connectivity index is 2.07. The van der Waals surface area contributed by atoms with Crippen LogP contribution in [0, 0.1) is 0 Å². The second-order valence-corrected chi connectivity index (χ2v) is 5.16. The van der Waals surface area contributed by atoms with E-state index >= 15 is 0 Å². The summed E-state index contributed by atoms with van der Waals surface area (Å²) in [6, 6.07) is 6.12. The molecule has 1 atom stereocenters. The maximum atomic E-state index is 12.5. The summed E-state index contributed by atoms with van der Waals surface area (Å²) < 4.78 is 28.8. The molecule has 1 fully saturated rings. The highest BCUT2D eigenvalue weighted by molar-refractivity contribution is 5.94. The molecule has 0 spiro atoms. The van der Waals surface area contributed by atoms with Crippen LogP contribution in [0.1, 0.15) is 29.6 Å². The van der Waals surface area contributed by atoms with Crippen LogP contribution in [-0.4, -0.2) is 43.6 Å². The van der Waals surface area contributed by atoms with E-state index in [1.165, 1.54) is 12.1 Å². The highest BCUT2D eigenvalue weighted by atomic mass is 19.3. The molecule has 1 N–H and O–H groups in total. The Morgan fingerprint density at radius 2 is 2.19 bits per heavy atom. The molecule has 1 heterocycles. The van der Waals surface area contributed by atoms with Gasteiger partial charge in [0.15, 0.2) is 0 Å². The molecule has 0 bridgehead atoms. The summed E-state index contributed by atoms with van der Waals surface area (Å²) in [6.45, 7) is -1.03. The van der Waals surface area contributed by atoms with Crippen LogP contribution in [0.25, 0.3) is 0 Å². The lowest BCUT2D eigenvalue weighted by Gasteiger charge is -2.27. The smallest absolute Gasteiger partial charge is 0.387 e. The van der Waals surface area contributed by atoms with Gasteiger partial charge in [0.2, 0.25) is 0 Å². The number of nitrogens with one attached hydrogen (secondary N) is 1. The monoisotopic (exact) mass is 298 g/mol. The van der Waals surface area contributed by atoms with E-state index < -0.39 is 6.61 Å². The number of carbonyl (C=O) groups is 1. The number of amides is 1. The van der Waals surface area contributed by atoms with Gasteiger partial charge in [-0.15, -0.1) is 0 Å². The summed E-state index contributed by atoms with van der Waals surface area (Å²) in [6.07, 6.45) is 2.87. The van der Waals surface area contributed by atoms with E-state index in [1.807, 2.05) is 0 Å². The highest BCUT2D eigenvalue weighted by Gasteiger charge is 2.22. The van der Waals surface area contributed by atoms with Gasteiger partial charge in [0.05, 0.1) is 0 Å². The largest absolute Gasteiger partial charge is 0.435 e. The van der Waals surface area contributed by atoms with Crippen LogP contribution in [0.5, 0.6) is 5.75 Å². The SMILES string of the molecule is CN(C(=O)c1cccc(OC(F)F)c1)C1CCCNCC1. The van der Waals surface area contributed by atoms with Crippen molar-refractivity contribution >= 4 is 5.91 Å². The molecule has 0 saturated carbocycles. The van der Waals surface area contributed by atoms with Crippen molar-refractivity contribution in [3.63, 3.8) is 0 Å². The minimum atomic E-state index is -2.89. The molecule has 0 radical (unpaired) electrons. The molecule has 1 aliphatic rings. The third-order valence-corrected chi connectivity index (χ3v) is 3.72. The molecule has 21 heavy (non-hydrogen) atoms. The van der Waals surface area contributed by atoms with Crippen molar-refractivity contribution in [3.05, 3.63) is 29.8 Å². The average Bonchev–Trinajstić information content (AvgIpc) is 2.74. The van der Waals surface area contributed by atoms with Crippen LogP contribution in [-0.2, 0) is 0 Å². The fraction of sp³-hybridized carbons (Fsp3) is 0.533. The minimum Gasteiger partial charge on any atom is -0.435 e. The maximum absolute atomic E-state index is 12.5. The van der Waals surface area contributed by atoms with E-state index in [2.05, 4.69) is 10.1 Å². The number of hydrogen-bond donors (Lipinski definition) is 1. The minimum absolute atomic E-state index is 0.00628. The fourth-order valence-corrected chi connectivity index (χ4v) is 2.56. The first-order valence-electron chi connectivity index (χ1n) is 7.10. The molecule has 1 aromatic rings. The summed E-state index contributed by atoms with van der Waals surface area (Å²) >= 11 is 0. The van der Waals surface area contributed by atoms with E-state index in [0.29, 0.717) is 5.56 Å². The molecule has 1 unspecified atom stereocenters. The Bertz CT molecular complexity index is 474. The third-order valence-electron chi connectivity index (χ3n) is 3.72.